The van der Waals surface area contributed by atoms with E-state index >= 15 is 0 Å². The van der Waals surface area contributed by atoms with E-state index in [1.807, 2.05) is 6.92 Å². The van der Waals surface area contributed by atoms with Crippen molar-refractivity contribution in [2.45, 2.75) is 6.92 Å². The zero-order valence-electron chi connectivity index (χ0n) is 16.6. The Kier molecular flexibility index (Phi) is 7.34. The molecule has 3 rings (SSSR count). The molecule has 1 aliphatic rings. The molecule has 2 aromatic rings. The molecular weight excluding hydrogens is 479 g/mol. The second-order valence-corrected chi connectivity index (χ2v) is 7.58. The Labute approximate surface area is 198 Å². The van der Waals surface area contributed by atoms with Gasteiger partial charge < -0.3 is 14.6 Å². The first-order valence-corrected chi connectivity index (χ1v) is 10.4. The van der Waals surface area contributed by atoms with Crippen LogP contribution in [0.4, 0.5) is 5.69 Å². The molecule has 32 heavy (non-hydrogen) atoms. The van der Waals surface area contributed by atoms with Crippen LogP contribution in [-0.2, 0) is 14.4 Å². The van der Waals surface area contributed by atoms with Crippen LogP contribution in [0.2, 0.25) is 10.0 Å². The smallest absolute Gasteiger partial charge is 0.341 e. The van der Waals surface area contributed by atoms with Crippen LogP contribution >= 0.6 is 35.4 Å². The lowest BCUT2D eigenvalue weighted by Gasteiger charge is -2.29. The van der Waals surface area contributed by atoms with Crippen LogP contribution in [0.15, 0.2) is 42.0 Å². The van der Waals surface area contributed by atoms with Gasteiger partial charge in [0.25, 0.3) is 11.8 Å². The maximum absolute atomic E-state index is 13.1. The number of amides is 2. The Morgan fingerprint density at radius 1 is 1.16 bits per heavy atom. The molecular formula is C21H16Cl2N2O6S. The van der Waals surface area contributed by atoms with Crippen molar-refractivity contribution in [3.05, 3.63) is 57.6 Å². The third kappa shape index (κ3) is 5.18. The highest BCUT2D eigenvalue weighted by Gasteiger charge is 2.34. The number of nitrogens with zero attached hydrogens (tertiary/aromatic N) is 1. The Bertz CT molecular complexity index is 1110. The number of ether oxygens (including phenoxy) is 2. The number of carboxylic acids is 1. The van der Waals surface area contributed by atoms with Crippen molar-refractivity contribution >= 4 is 70.1 Å². The van der Waals surface area contributed by atoms with E-state index in [2.05, 4.69) is 5.32 Å². The number of carboxylic acid groups (broad SMARTS) is 1. The highest BCUT2D eigenvalue weighted by Crippen LogP contribution is 2.35. The summed E-state index contributed by atoms with van der Waals surface area (Å²) in [6.07, 6.45) is 1.31. The molecule has 1 saturated heterocycles. The fourth-order valence-corrected chi connectivity index (χ4v) is 3.75. The van der Waals surface area contributed by atoms with Crippen LogP contribution in [0.1, 0.15) is 12.5 Å². The average molecular weight is 495 g/mol. The normalized spacial score (nSPS) is 15.0. The zero-order chi connectivity index (χ0) is 23.4. The molecule has 166 valence electrons. The Morgan fingerprint density at radius 2 is 1.78 bits per heavy atom. The molecule has 0 spiro atoms. The number of thiocarbonyl (C=S) groups is 1. The summed E-state index contributed by atoms with van der Waals surface area (Å²) in [7, 11) is 0. The molecule has 1 fully saturated rings. The summed E-state index contributed by atoms with van der Waals surface area (Å²) in [6, 6.07) is 9.45. The molecule has 0 aromatic heterocycles. The highest BCUT2D eigenvalue weighted by atomic mass is 35.5. The number of aliphatic carboxylic acids is 1. The van der Waals surface area contributed by atoms with Crippen LogP contribution in [-0.4, -0.2) is 41.2 Å². The standard InChI is InChI=1S/C21H16Cl2N2O6S/c1-2-30-13-5-3-12(4-6-13)25-20(29)14(19(28)24-21(25)32)7-11-8-15(22)18(16(23)9-11)31-10-17(26)27/h3-9H,2,10H2,1H3,(H,26,27)(H,24,28,32)/b14-7+. The first kappa shape index (κ1) is 23.5. The number of carbonyl (C=O) groups excluding carboxylic acids is 2. The van der Waals surface area contributed by atoms with Crippen molar-refractivity contribution in [2.75, 3.05) is 18.1 Å². The molecule has 1 aliphatic heterocycles. The molecule has 0 bridgehead atoms. The second-order valence-electron chi connectivity index (χ2n) is 6.38. The van der Waals surface area contributed by atoms with Crippen LogP contribution in [0.25, 0.3) is 6.08 Å². The maximum atomic E-state index is 13.1. The second kappa shape index (κ2) is 9.99. The van der Waals surface area contributed by atoms with Gasteiger partial charge in [0.2, 0.25) is 0 Å². The summed E-state index contributed by atoms with van der Waals surface area (Å²) in [5.41, 5.74) is 0.585. The van der Waals surface area contributed by atoms with Gasteiger partial charge in [0.05, 0.1) is 22.3 Å². The van der Waals surface area contributed by atoms with E-state index in [4.69, 9.17) is 50.0 Å². The summed E-state index contributed by atoms with van der Waals surface area (Å²) in [5, 5.41) is 11.2. The largest absolute Gasteiger partial charge is 0.494 e. The van der Waals surface area contributed by atoms with Gasteiger partial charge in [0.1, 0.15) is 11.3 Å². The monoisotopic (exact) mass is 494 g/mol. The lowest BCUT2D eigenvalue weighted by atomic mass is 10.1. The molecule has 0 aliphatic carbocycles. The van der Waals surface area contributed by atoms with Crippen LogP contribution in [0.3, 0.4) is 0 Å². The molecule has 2 aromatic carbocycles. The fourth-order valence-electron chi connectivity index (χ4n) is 2.85. The average Bonchev–Trinajstić information content (AvgIpc) is 2.71. The van der Waals surface area contributed by atoms with E-state index in [1.165, 1.54) is 23.1 Å². The number of anilines is 1. The number of hydrogen-bond acceptors (Lipinski definition) is 6. The van der Waals surface area contributed by atoms with E-state index in [1.54, 1.807) is 24.3 Å². The summed E-state index contributed by atoms with van der Waals surface area (Å²) in [5.74, 6) is -1.91. The zero-order valence-corrected chi connectivity index (χ0v) is 18.9. The summed E-state index contributed by atoms with van der Waals surface area (Å²) >= 11 is 17.5. The van der Waals surface area contributed by atoms with Gasteiger partial charge in [-0.15, -0.1) is 0 Å². The van der Waals surface area contributed by atoms with E-state index < -0.39 is 24.4 Å². The van der Waals surface area contributed by atoms with Gasteiger partial charge in [0, 0.05) is 0 Å². The molecule has 1 heterocycles. The summed E-state index contributed by atoms with van der Waals surface area (Å²) in [4.78, 5) is 37.4. The van der Waals surface area contributed by atoms with E-state index in [0.29, 0.717) is 23.6 Å². The number of carbonyl (C=O) groups is 3. The van der Waals surface area contributed by atoms with Crippen molar-refractivity contribution in [3.8, 4) is 11.5 Å². The van der Waals surface area contributed by atoms with E-state index in [9.17, 15) is 14.4 Å². The minimum atomic E-state index is -1.20. The van der Waals surface area contributed by atoms with Crippen LogP contribution in [0, 0.1) is 0 Å². The predicted octanol–water partition coefficient (Wildman–Crippen LogP) is 3.69. The number of halogens is 2. The maximum Gasteiger partial charge on any atom is 0.341 e. The molecule has 0 saturated carbocycles. The summed E-state index contributed by atoms with van der Waals surface area (Å²) < 4.78 is 10.5. The van der Waals surface area contributed by atoms with Gasteiger partial charge in [-0.1, -0.05) is 23.2 Å². The van der Waals surface area contributed by atoms with E-state index in [-0.39, 0.29) is 26.5 Å². The van der Waals surface area contributed by atoms with Gasteiger partial charge in [-0.3, -0.25) is 19.8 Å². The first-order chi connectivity index (χ1) is 15.2. The van der Waals surface area contributed by atoms with Gasteiger partial charge in [0.15, 0.2) is 17.5 Å². The Morgan fingerprint density at radius 3 is 2.34 bits per heavy atom. The van der Waals surface area contributed by atoms with Crippen molar-refractivity contribution in [2.24, 2.45) is 0 Å². The molecule has 0 radical (unpaired) electrons. The minimum absolute atomic E-state index is 0.0190. The van der Waals surface area contributed by atoms with Gasteiger partial charge >= 0.3 is 5.97 Å². The van der Waals surface area contributed by atoms with Crippen molar-refractivity contribution in [1.29, 1.82) is 0 Å². The lowest BCUT2D eigenvalue weighted by Crippen LogP contribution is -2.54. The van der Waals surface area contributed by atoms with Crippen molar-refractivity contribution in [1.82, 2.24) is 5.32 Å². The predicted molar refractivity (Wildman–Crippen MR) is 123 cm³/mol. The SMILES string of the molecule is CCOc1ccc(N2C(=O)/C(=C/c3cc(Cl)c(OCC(=O)O)c(Cl)c3)C(=O)NC2=S)cc1. The number of rotatable bonds is 7. The fraction of sp³-hybridized carbons (Fsp3) is 0.143. The van der Waals surface area contributed by atoms with Crippen molar-refractivity contribution in [3.63, 3.8) is 0 Å². The molecule has 2 amide bonds. The number of nitrogens with one attached hydrogen (secondary N) is 1. The quantitative estimate of drug-likeness (QED) is 0.343. The molecule has 0 atom stereocenters. The van der Waals surface area contributed by atoms with Gasteiger partial charge in [-0.05, 0) is 67.2 Å². The highest BCUT2D eigenvalue weighted by molar-refractivity contribution is 7.80. The van der Waals surface area contributed by atoms with Crippen LogP contribution in [0.5, 0.6) is 11.5 Å². The summed E-state index contributed by atoms with van der Waals surface area (Å²) in [6.45, 7) is 1.72. The third-order valence-corrected chi connectivity index (χ3v) is 5.03. The van der Waals surface area contributed by atoms with Crippen LogP contribution < -0.4 is 19.7 Å². The van der Waals surface area contributed by atoms with Crippen molar-refractivity contribution < 1.29 is 29.0 Å². The first-order valence-electron chi connectivity index (χ1n) is 9.19. The third-order valence-electron chi connectivity index (χ3n) is 4.18. The molecule has 0 unspecified atom stereocenters. The Hall–Kier alpha value is -3.14. The minimum Gasteiger partial charge on any atom is -0.494 e. The number of hydrogen-bond donors (Lipinski definition) is 2. The van der Waals surface area contributed by atoms with E-state index in [0.717, 1.165) is 0 Å². The Balaban J connectivity index is 1.93. The number of benzene rings is 2. The molecule has 2 N–H and O–H groups in total. The van der Waals surface area contributed by atoms with Gasteiger partial charge in [-0.25, -0.2) is 4.79 Å². The molecule has 11 heteroatoms. The molecule has 8 nitrogen and oxygen atoms in total. The van der Waals surface area contributed by atoms with Gasteiger partial charge in [-0.2, -0.15) is 0 Å². The topological polar surface area (TPSA) is 105 Å². The lowest BCUT2D eigenvalue weighted by molar-refractivity contribution is -0.139.